The molecule has 0 saturated heterocycles. The summed E-state index contributed by atoms with van der Waals surface area (Å²) >= 11 is 0. The standard InChI is InChI=1S/C17H9NO4/c19-16-12-9-5-4-8-11(12)14(21-16)13-17(20)22-15(18-13)10-6-2-1-3-7-10/h1-9H. The first-order valence-corrected chi connectivity index (χ1v) is 6.66. The van der Waals surface area contributed by atoms with Gasteiger partial charge >= 0.3 is 11.9 Å². The predicted octanol–water partition coefficient (Wildman–Crippen LogP) is 2.53. The lowest BCUT2D eigenvalue weighted by molar-refractivity contribution is -0.130. The maximum atomic E-state index is 12.1. The van der Waals surface area contributed by atoms with Gasteiger partial charge in [-0.2, -0.15) is 0 Å². The number of hydrogen-bond donors (Lipinski definition) is 0. The van der Waals surface area contributed by atoms with Gasteiger partial charge in [-0.15, -0.1) is 0 Å². The number of fused-ring (bicyclic) bond motifs is 1. The Kier molecular flexibility index (Phi) is 2.66. The summed E-state index contributed by atoms with van der Waals surface area (Å²) in [6.07, 6.45) is 0. The Morgan fingerprint density at radius 2 is 1.41 bits per heavy atom. The quantitative estimate of drug-likeness (QED) is 0.598. The molecule has 0 saturated carbocycles. The van der Waals surface area contributed by atoms with Gasteiger partial charge in [0.1, 0.15) is 0 Å². The van der Waals surface area contributed by atoms with Crippen molar-refractivity contribution >= 4 is 23.6 Å². The number of aliphatic imine (C=N–C) groups is 1. The molecule has 2 aromatic rings. The van der Waals surface area contributed by atoms with E-state index in [-0.39, 0.29) is 17.4 Å². The van der Waals surface area contributed by atoms with Crippen LogP contribution >= 0.6 is 0 Å². The highest BCUT2D eigenvalue weighted by molar-refractivity contribution is 6.16. The van der Waals surface area contributed by atoms with Crippen molar-refractivity contribution in [3.8, 4) is 0 Å². The van der Waals surface area contributed by atoms with E-state index in [1.807, 2.05) is 18.2 Å². The molecule has 2 aliphatic heterocycles. The van der Waals surface area contributed by atoms with Gasteiger partial charge in [-0.3, -0.25) is 0 Å². The third kappa shape index (κ3) is 1.83. The third-order valence-electron chi connectivity index (χ3n) is 3.42. The summed E-state index contributed by atoms with van der Waals surface area (Å²) in [5, 5.41) is 0. The monoisotopic (exact) mass is 291 g/mol. The lowest BCUT2D eigenvalue weighted by atomic mass is 10.1. The number of rotatable bonds is 1. The molecule has 0 spiro atoms. The van der Waals surface area contributed by atoms with Crippen LogP contribution in [0.25, 0.3) is 5.76 Å². The minimum atomic E-state index is -0.627. The van der Waals surface area contributed by atoms with Gasteiger partial charge in [-0.25, -0.2) is 14.6 Å². The van der Waals surface area contributed by atoms with E-state index >= 15 is 0 Å². The molecule has 0 aromatic heterocycles. The summed E-state index contributed by atoms with van der Waals surface area (Å²) in [4.78, 5) is 28.1. The molecule has 0 unspecified atom stereocenters. The average molecular weight is 291 g/mol. The smallest absolute Gasteiger partial charge is 0.367 e. The van der Waals surface area contributed by atoms with E-state index in [1.165, 1.54) is 0 Å². The fourth-order valence-electron chi connectivity index (χ4n) is 2.39. The molecule has 4 rings (SSSR count). The Labute approximate surface area is 125 Å². The van der Waals surface area contributed by atoms with Gasteiger partial charge in [-0.1, -0.05) is 36.4 Å². The minimum absolute atomic E-state index is 0.0113. The summed E-state index contributed by atoms with van der Waals surface area (Å²) < 4.78 is 10.4. The Morgan fingerprint density at radius 1 is 0.727 bits per heavy atom. The van der Waals surface area contributed by atoms with Crippen LogP contribution in [-0.4, -0.2) is 17.8 Å². The summed E-state index contributed by atoms with van der Waals surface area (Å²) in [5.41, 5.74) is 1.67. The molecule has 106 valence electrons. The highest BCUT2D eigenvalue weighted by Gasteiger charge is 2.35. The van der Waals surface area contributed by atoms with Crippen LogP contribution in [0.4, 0.5) is 0 Å². The molecule has 0 radical (unpaired) electrons. The van der Waals surface area contributed by atoms with Crippen LogP contribution in [-0.2, 0) is 14.3 Å². The van der Waals surface area contributed by atoms with Gasteiger partial charge in [0, 0.05) is 11.1 Å². The molecular weight excluding hydrogens is 282 g/mol. The molecule has 5 heteroatoms. The SMILES string of the molecule is O=C1OC(c2ccccc2)=NC1=C1OC(=O)c2ccccc21. The van der Waals surface area contributed by atoms with E-state index in [9.17, 15) is 9.59 Å². The Balaban J connectivity index is 1.85. The van der Waals surface area contributed by atoms with Crippen LogP contribution in [0.2, 0.25) is 0 Å². The summed E-state index contributed by atoms with van der Waals surface area (Å²) in [5.74, 6) is -0.766. The zero-order valence-electron chi connectivity index (χ0n) is 11.3. The summed E-state index contributed by atoms with van der Waals surface area (Å²) in [6.45, 7) is 0. The number of carbonyl (C=O) groups is 2. The number of benzene rings is 2. The molecule has 0 amide bonds. The molecule has 2 aromatic carbocycles. The number of nitrogens with zero attached hydrogens (tertiary/aromatic N) is 1. The molecule has 2 aliphatic rings. The number of ether oxygens (including phenoxy) is 2. The van der Waals surface area contributed by atoms with Crippen LogP contribution in [0.1, 0.15) is 21.5 Å². The topological polar surface area (TPSA) is 65.0 Å². The second-order valence-corrected chi connectivity index (χ2v) is 4.79. The van der Waals surface area contributed by atoms with Crippen molar-refractivity contribution in [2.45, 2.75) is 0 Å². The molecule has 0 fully saturated rings. The van der Waals surface area contributed by atoms with Gasteiger partial charge < -0.3 is 9.47 Å². The predicted molar refractivity (Wildman–Crippen MR) is 77.8 cm³/mol. The Hall–Kier alpha value is -3.21. The Bertz CT molecular complexity index is 865. The fraction of sp³-hybridized carbons (Fsp3) is 0. The largest absolute Gasteiger partial charge is 0.420 e. The highest BCUT2D eigenvalue weighted by atomic mass is 16.6. The fourth-order valence-corrected chi connectivity index (χ4v) is 2.39. The van der Waals surface area contributed by atoms with Crippen molar-refractivity contribution in [1.29, 1.82) is 0 Å². The van der Waals surface area contributed by atoms with Crippen LogP contribution in [0, 0.1) is 0 Å². The van der Waals surface area contributed by atoms with Gasteiger partial charge in [0.25, 0.3) is 0 Å². The molecule has 22 heavy (non-hydrogen) atoms. The third-order valence-corrected chi connectivity index (χ3v) is 3.42. The van der Waals surface area contributed by atoms with E-state index in [0.717, 1.165) is 0 Å². The first-order chi connectivity index (χ1) is 10.7. The van der Waals surface area contributed by atoms with Gasteiger partial charge in [0.15, 0.2) is 11.5 Å². The van der Waals surface area contributed by atoms with E-state index in [1.54, 1.807) is 36.4 Å². The van der Waals surface area contributed by atoms with E-state index < -0.39 is 11.9 Å². The summed E-state index contributed by atoms with van der Waals surface area (Å²) in [7, 11) is 0. The van der Waals surface area contributed by atoms with Crippen LogP contribution < -0.4 is 0 Å². The molecule has 0 atom stereocenters. The van der Waals surface area contributed by atoms with Gasteiger partial charge in [0.2, 0.25) is 5.90 Å². The zero-order chi connectivity index (χ0) is 15.1. The minimum Gasteiger partial charge on any atom is -0.420 e. The maximum Gasteiger partial charge on any atom is 0.367 e. The maximum absolute atomic E-state index is 12.1. The second-order valence-electron chi connectivity index (χ2n) is 4.79. The first kappa shape index (κ1) is 12.5. The van der Waals surface area contributed by atoms with E-state index in [4.69, 9.17) is 9.47 Å². The lowest BCUT2D eigenvalue weighted by Crippen LogP contribution is -2.06. The molecule has 0 aliphatic carbocycles. The van der Waals surface area contributed by atoms with Crippen LogP contribution in [0.5, 0.6) is 0 Å². The molecule has 2 heterocycles. The van der Waals surface area contributed by atoms with Crippen LogP contribution in [0.3, 0.4) is 0 Å². The van der Waals surface area contributed by atoms with Crippen molar-refractivity contribution in [1.82, 2.24) is 0 Å². The van der Waals surface area contributed by atoms with Crippen molar-refractivity contribution in [3.05, 3.63) is 77.0 Å². The van der Waals surface area contributed by atoms with Crippen LogP contribution in [0.15, 0.2) is 65.3 Å². The zero-order valence-corrected chi connectivity index (χ0v) is 11.3. The highest BCUT2D eigenvalue weighted by Crippen LogP contribution is 2.34. The first-order valence-electron chi connectivity index (χ1n) is 6.66. The van der Waals surface area contributed by atoms with E-state index in [2.05, 4.69) is 4.99 Å². The molecule has 5 nitrogen and oxygen atoms in total. The lowest BCUT2D eigenvalue weighted by Gasteiger charge is -1.98. The normalized spacial score (nSPS) is 19.5. The molecule has 0 bridgehead atoms. The summed E-state index contributed by atoms with van der Waals surface area (Å²) in [6, 6.07) is 15.9. The number of carbonyl (C=O) groups excluding carboxylic acids is 2. The second kappa shape index (κ2) is 4.66. The number of cyclic esters (lactones) is 2. The van der Waals surface area contributed by atoms with Crippen molar-refractivity contribution in [2.75, 3.05) is 0 Å². The van der Waals surface area contributed by atoms with E-state index in [0.29, 0.717) is 16.7 Å². The number of hydrogen-bond acceptors (Lipinski definition) is 5. The molecule has 0 N–H and O–H groups in total. The average Bonchev–Trinajstić information content (AvgIpc) is 3.09. The molecular formula is C17H9NO4. The number of esters is 2. The van der Waals surface area contributed by atoms with Crippen molar-refractivity contribution in [2.24, 2.45) is 4.99 Å². The van der Waals surface area contributed by atoms with Crippen molar-refractivity contribution in [3.63, 3.8) is 0 Å². The Morgan fingerprint density at radius 3 is 2.18 bits per heavy atom. The van der Waals surface area contributed by atoms with Gasteiger partial charge in [-0.05, 0) is 18.2 Å². The van der Waals surface area contributed by atoms with Crippen molar-refractivity contribution < 1.29 is 19.1 Å². The van der Waals surface area contributed by atoms with Gasteiger partial charge in [0.05, 0.1) is 5.56 Å².